The predicted molar refractivity (Wildman–Crippen MR) is 269 cm³/mol. The van der Waals surface area contributed by atoms with Gasteiger partial charge in [0.1, 0.15) is 0 Å². The second kappa shape index (κ2) is 16.7. The SMILES string of the molecule is c1ccc(-c2cccc(N(c3ccc(-c4ccc5c(c4)c(-c4ccccc4)c(-c4ccccc4)c4ccccc45)cc3)c3ccc(-c4ccccc4)cc3-c3ccccc3)c2)cc1. The van der Waals surface area contributed by atoms with E-state index in [9.17, 15) is 0 Å². The molecule has 1 heteroatoms. The molecule has 0 N–H and O–H groups in total. The van der Waals surface area contributed by atoms with E-state index in [1.54, 1.807) is 0 Å². The van der Waals surface area contributed by atoms with Crippen molar-refractivity contribution >= 4 is 38.6 Å². The Kier molecular flexibility index (Phi) is 9.97. The molecule has 11 aromatic rings. The van der Waals surface area contributed by atoms with Crippen LogP contribution in [0.1, 0.15) is 0 Å². The average molecular weight is 802 g/mol. The van der Waals surface area contributed by atoms with Gasteiger partial charge >= 0.3 is 0 Å². The predicted octanol–water partition coefficient (Wildman–Crippen LogP) is 17.5. The van der Waals surface area contributed by atoms with E-state index in [1.165, 1.54) is 77.2 Å². The lowest BCUT2D eigenvalue weighted by molar-refractivity contribution is 1.28. The van der Waals surface area contributed by atoms with Gasteiger partial charge in [0, 0.05) is 16.9 Å². The summed E-state index contributed by atoms with van der Waals surface area (Å²) in [5.41, 5.74) is 17.6. The number of rotatable bonds is 9. The number of anilines is 3. The van der Waals surface area contributed by atoms with Crippen LogP contribution in [-0.4, -0.2) is 0 Å². The molecule has 0 heterocycles. The van der Waals surface area contributed by atoms with Crippen molar-refractivity contribution in [3.8, 4) is 66.8 Å². The molecule has 0 aliphatic carbocycles. The molecule has 1 nitrogen and oxygen atoms in total. The van der Waals surface area contributed by atoms with Crippen molar-refractivity contribution in [2.75, 3.05) is 4.90 Å². The molecule has 0 saturated heterocycles. The summed E-state index contributed by atoms with van der Waals surface area (Å²) in [4.78, 5) is 2.42. The van der Waals surface area contributed by atoms with Gasteiger partial charge in [-0.05, 0) is 125 Å². The van der Waals surface area contributed by atoms with Gasteiger partial charge in [0.25, 0.3) is 0 Å². The quantitative estimate of drug-likeness (QED) is 0.131. The smallest absolute Gasteiger partial charge is 0.0540 e. The zero-order chi connectivity index (χ0) is 42.0. The highest BCUT2D eigenvalue weighted by Crippen LogP contribution is 2.47. The molecule has 0 amide bonds. The monoisotopic (exact) mass is 801 g/mol. The summed E-state index contributed by atoms with van der Waals surface area (Å²) < 4.78 is 0. The Morgan fingerprint density at radius 2 is 0.619 bits per heavy atom. The first-order valence-electron chi connectivity index (χ1n) is 21.7. The molecule has 0 fully saturated rings. The van der Waals surface area contributed by atoms with Crippen LogP contribution in [-0.2, 0) is 0 Å². The summed E-state index contributed by atoms with van der Waals surface area (Å²) in [7, 11) is 0. The molecule has 0 aliphatic rings. The zero-order valence-electron chi connectivity index (χ0n) is 34.8. The van der Waals surface area contributed by atoms with Crippen molar-refractivity contribution in [1.82, 2.24) is 0 Å². The van der Waals surface area contributed by atoms with Crippen molar-refractivity contribution in [3.63, 3.8) is 0 Å². The van der Waals surface area contributed by atoms with E-state index in [1.807, 2.05) is 0 Å². The van der Waals surface area contributed by atoms with Gasteiger partial charge in [0.05, 0.1) is 5.69 Å². The van der Waals surface area contributed by atoms with Crippen molar-refractivity contribution in [3.05, 3.63) is 261 Å². The molecule has 63 heavy (non-hydrogen) atoms. The Balaban J connectivity index is 1.09. The third kappa shape index (κ3) is 7.26. The minimum atomic E-state index is 1.08. The largest absolute Gasteiger partial charge is 0.310 e. The number of hydrogen-bond donors (Lipinski definition) is 0. The van der Waals surface area contributed by atoms with Crippen LogP contribution in [0.5, 0.6) is 0 Å². The van der Waals surface area contributed by atoms with Gasteiger partial charge in [-0.25, -0.2) is 0 Å². The Hall–Kier alpha value is -8.26. The normalized spacial score (nSPS) is 11.2. The Morgan fingerprint density at radius 3 is 1.22 bits per heavy atom. The standard InChI is InChI=1S/C62H43N/c1-6-19-44(20-7-1)50-29-18-30-54(41-50)63(60-40-36-52(45-21-8-2-9-22-45)42-58(60)47-23-10-3-11-24-47)53-37-33-46(34-38-53)51-35-39-56-55-31-16-17-32-57(55)61(48-25-12-4-13-26-48)62(59(56)43-51)49-27-14-5-15-28-49/h1-43H. The Labute approximate surface area is 369 Å². The van der Waals surface area contributed by atoms with Crippen LogP contribution in [0.3, 0.4) is 0 Å². The van der Waals surface area contributed by atoms with Crippen molar-refractivity contribution < 1.29 is 0 Å². The maximum Gasteiger partial charge on any atom is 0.0540 e. The van der Waals surface area contributed by atoms with E-state index in [0.29, 0.717) is 0 Å². The van der Waals surface area contributed by atoms with Crippen molar-refractivity contribution in [2.45, 2.75) is 0 Å². The van der Waals surface area contributed by atoms with Crippen LogP contribution in [0.4, 0.5) is 17.1 Å². The molecule has 0 atom stereocenters. The first kappa shape index (κ1) is 37.7. The molecule has 0 saturated carbocycles. The second-order valence-electron chi connectivity index (χ2n) is 16.1. The van der Waals surface area contributed by atoms with E-state index in [2.05, 4.69) is 266 Å². The number of benzene rings is 11. The molecular weight excluding hydrogens is 759 g/mol. The van der Waals surface area contributed by atoms with Gasteiger partial charge in [0.2, 0.25) is 0 Å². The van der Waals surface area contributed by atoms with Crippen LogP contribution in [0.25, 0.3) is 88.3 Å². The van der Waals surface area contributed by atoms with Gasteiger partial charge in [-0.3, -0.25) is 0 Å². The third-order valence-electron chi connectivity index (χ3n) is 12.3. The molecule has 11 rings (SSSR count). The van der Waals surface area contributed by atoms with Crippen LogP contribution in [0.2, 0.25) is 0 Å². The first-order valence-corrected chi connectivity index (χ1v) is 21.7. The number of nitrogens with zero attached hydrogens (tertiary/aromatic N) is 1. The number of hydrogen-bond acceptors (Lipinski definition) is 1. The summed E-state index contributed by atoms with van der Waals surface area (Å²) in [6.07, 6.45) is 0. The third-order valence-corrected chi connectivity index (χ3v) is 12.3. The topological polar surface area (TPSA) is 3.24 Å². The van der Waals surface area contributed by atoms with E-state index in [-0.39, 0.29) is 0 Å². The highest BCUT2D eigenvalue weighted by molar-refractivity contribution is 6.22. The first-order chi connectivity index (χ1) is 31.3. The Bertz CT molecular complexity index is 3340. The molecule has 0 spiro atoms. The second-order valence-corrected chi connectivity index (χ2v) is 16.1. The van der Waals surface area contributed by atoms with Gasteiger partial charge in [-0.2, -0.15) is 0 Å². The van der Waals surface area contributed by atoms with E-state index >= 15 is 0 Å². The highest BCUT2D eigenvalue weighted by Gasteiger charge is 2.21. The van der Waals surface area contributed by atoms with Crippen molar-refractivity contribution in [1.29, 1.82) is 0 Å². The number of fused-ring (bicyclic) bond motifs is 3. The maximum atomic E-state index is 2.42. The molecule has 11 aromatic carbocycles. The van der Waals surface area contributed by atoms with E-state index in [4.69, 9.17) is 0 Å². The fourth-order valence-electron chi connectivity index (χ4n) is 9.26. The fraction of sp³-hybridized carbons (Fsp3) is 0. The van der Waals surface area contributed by atoms with Crippen LogP contribution in [0.15, 0.2) is 261 Å². The van der Waals surface area contributed by atoms with Crippen LogP contribution >= 0.6 is 0 Å². The molecule has 0 unspecified atom stereocenters. The minimum Gasteiger partial charge on any atom is -0.310 e. The lowest BCUT2D eigenvalue weighted by atomic mass is 9.84. The van der Waals surface area contributed by atoms with Gasteiger partial charge in [0.15, 0.2) is 0 Å². The summed E-state index contributed by atoms with van der Waals surface area (Å²) in [5, 5.41) is 5.01. The molecule has 0 aromatic heterocycles. The molecule has 0 aliphatic heterocycles. The summed E-state index contributed by atoms with van der Waals surface area (Å²) >= 11 is 0. The highest BCUT2D eigenvalue weighted by atomic mass is 15.1. The lowest BCUT2D eigenvalue weighted by Crippen LogP contribution is -2.11. The summed E-state index contributed by atoms with van der Waals surface area (Å²) in [6, 6.07) is 94.6. The van der Waals surface area contributed by atoms with Crippen LogP contribution < -0.4 is 4.90 Å². The zero-order valence-corrected chi connectivity index (χ0v) is 34.8. The molecular formula is C62H43N. The molecule has 296 valence electrons. The summed E-state index contributed by atoms with van der Waals surface area (Å²) in [5.74, 6) is 0. The minimum absolute atomic E-state index is 1.08. The van der Waals surface area contributed by atoms with E-state index in [0.717, 1.165) is 28.2 Å². The van der Waals surface area contributed by atoms with Crippen LogP contribution in [0, 0.1) is 0 Å². The lowest BCUT2D eigenvalue weighted by Gasteiger charge is -2.29. The van der Waals surface area contributed by atoms with Crippen molar-refractivity contribution in [2.24, 2.45) is 0 Å². The fourth-order valence-corrected chi connectivity index (χ4v) is 9.26. The average Bonchev–Trinajstić information content (AvgIpc) is 3.37. The molecule has 0 radical (unpaired) electrons. The van der Waals surface area contributed by atoms with Gasteiger partial charge in [-0.15, -0.1) is 0 Å². The summed E-state index contributed by atoms with van der Waals surface area (Å²) in [6.45, 7) is 0. The van der Waals surface area contributed by atoms with Gasteiger partial charge < -0.3 is 4.90 Å². The van der Waals surface area contributed by atoms with E-state index < -0.39 is 0 Å². The molecule has 0 bridgehead atoms. The maximum absolute atomic E-state index is 2.42. The van der Waals surface area contributed by atoms with Gasteiger partial charge in [-0.1, -0.05) is 218 Å². The Morgan fingerprint density at radius 1 is 0.206 bits per heavy atom.